The maximum atomic E-state index is 12.6. The van der Waals surface area contributed by atoms with Crippen LogP contribution >= 0.6 is 0 Å². The van der Waals surface area contributed by atoms with Crippen LogP contribution in [-0.2, 0) is 14.8 Å². The van der Waals surface area contributed by atoms with Gasteiger partial charge in [0.15, 0.2) is 0 Å². The first kappa shape index (κ1) is 15.9. The third-order valence-corrected chi connectivity index (χ3v) is 5.33. The van der Waals surface area contributed by atoms with Gasteiger partial charge in [-0.05, 0) is 44.0 Å². The predicted octanol–water partition coefficient (Wildman–Crippen LogP) is 1.54. The van der Waals surface area contributed by atoms with Crippen molar-refractivity contribution in [3.8, 4) is 0 Å². The Morgan fingerprint density at radius 2 is 1.95 bits per heavy atom. The predicted molar refractivity (Wildman–Crippen MR) is 76.6 cm³/mol. The molecule has 0 aromatic heterocycles. The highest BCUT2D eigenvalue weighted by atomic mass is 32.2. The van der Waals surface area contributed by atoms with Crippen molar-refractivity contribution in [2.75, 3.05) is 26.5 Å². The fraction of sp³-hybridized carbons (Fsp3) is 0.538. The highest BCUT2D eigenvalue weighted by molar-refractivity contribution is 7.89. The SMILES string of the molecule is COCC(C)N(C)S(=O)(=O)c1cc(C)cc(N)c1C. The number of methoxy groups -OCH3 is 1. The van der Waals surface area contributed by atoms with Gasteiger partial charge in [-0.25, -0.2) is 8.42 Å². The number of likely N-dealkylation sites (N-methyl/N-ethyl adjacent to an activating group) is 1. The zero-order chi connectivity index (χ0) is 14.8. The summed E-state index contributed by atoms with van der Waals surface area (Å²) in [5.74, 6) is 0. The van der Waals surface area contributed by atoms with Gasteiger partial charge in [-0.1, -0.05) is 0 Å². The van der Waals surface area contributed by atoms with E-state index in [0.29, 0.717) is 17.9 Å². The van der Waals surface area contributed by atoms with E-state index in [1.54, 1.807) is 40.1 Å². The van der Waals surface area contributed by atoms with Crippen molar-refractivity contribution < 1.29 is 13.2 Å². The Morgan fingerprint density at radius 1 is 1.37 bits per heavy atom. The van der Waals surface area contributed by atoms with Crippen LogP contribution in [0.3, 0.4) is 0 Å². The van der Waals surface area contributed by atoms with Gasteiger partial charge in [0.2, 0.25) is 10.0 Å². The van der Waals surface area contributed by atoms with Crippen LogP contribution in [0.4, 0.5) is 5.69 Å². The standard InChI is InChI=1S/C13H22N2O3S/c1-9-6-12(14)11(3)13(7-9)19(16,17)15(4)10(2)8-18-5/h6-7,10H,8,14H2,1-5H3. The summed E-state index contributed by atoms with van der Waals surface area (Å²) in [7, 11) is -0.462. The summed E-state index contributed by atoms with van der Waals surface area (Å²) in [6.45, 7) is 5.69. The van der Waals surface area contributed by atoms with E-state index in [-0.39, 0.29) is 10.9 Å². The first-order valence-electron chi connectivity index (χ1n) is 6.05. The average molecular weight is 286 g/mol. The Morgan fingerprint density at radius 3 is 2.47 bits per heavy atom. The minimum Gasteiger partial charge on any atom is -0.398 e. The molecule has 0 radical (unpaired) electrons. The van der Waals surface area contributed by atoms with Crippen LogP contribution in [0.2, 0.25) is 0 Å². The van der Waals surface area contributed by atoms with Gasteiger partial charge in [0.05, 0.1) is 11.5 Å². The molecule has 1 aromatic carbocycles. The first-order valence-corrected chi connectivity index (χ1v) is 7.49. The number of aryl methyl sites for hydroxylation is 1. The van der Waals surface area contributed by atoms with Gasteiger partial charge in [0.25, 0.3) is 0 Å². The zero-order valence-electron chi connectivity index (χ0n) is 12.1. The quantitative estimate of drug-likeness (QED) is 0.833. The molecular weight excluding hydrogens is 264 g/mol. The van der Waals surface area contributed by atoms with Crippen molar-refractivity contribution in [2.45, 2.75) is 31.7 Å². The molecular formula is C13H22N2O3S. The lowest BCUT2D eigenvalue weighted by Crippen LogP contribution is -2.38. The number of benzene rings is 1. The zero-order valence-corrected chi connectivity index (χ0v) is 12.9. The molecule has 108 valence electrons. The van der Waals surface area contributed by atoms with Crippen molar-refractivity contribution >= 4 is 15.7 Å². The number of hydrogen-bond acceptors (Lipinski definition) is 4. The number of nitrogen functional groups attached to an aromatic ring is 1. The van der Waals surface area contributed by atoms with Crippen LogP contribution in [0.25, 0.3) is 0 Å². The largest absolute Gasteiger partial charge is 0.398 e. The van der Waals surface area contributed by atoms with E-state index < -0.39 is 10.0 Å². The smallest absolute Gasteiger partial charge is 0.243 e. The third-order valence-electron chi connectivity index (χ3n) is 3.23. The van der Waals surface area contributed by atoms with Crippen molar-refractivity contribution in [2.24, 2.45) is 0 Å². The molecule has 0 spiro atoms. The summed E-state index contributed by atoms with van der Waals surface area (Å²) in [4.78, 5) is 0.260. The molecule has 1 atom stereocenters. The van der Waals surface area contributed by atoms with Crippen molar-refractivity contribution in [1.82, 2.24) is 4.31 Å². The van der Waals surface area contributed by atoms with Gasteiger partial charge in [-0.2, -0.15) is 4.31 Å². The second-order valence-corrected chi connectivity index (χ2v) is 6.77. The highest BCUT2D eigenvalue weighted by Gasteiger charge is 2.27. The van der Waals surface area contributed by atoms with E-state index in [9.17, 15) is 8.42 Å². The van der Waals surface area contributed by atoms with Gasteiger partial charge in [-0.15, -0.1) is 0 Å². The van der Waals surface area contributed by atoms with Gasteiger partial charge >= 0.3 is 0 Å². The number of hydrogen-bond donors (Lipinski definition) is 1. The first-order chi connectivity index (χ1) is 8.71. The summed E-state index contributed by atoms with van der Waals surface area (Å²) in [5, 5.41) is 0. The number of sulfonamides is 1. The van der Waals surface area contributed by atoms with E-state index >= 15 is 0 Å². The summed E-state index contributed by atoms with van der Waals surface area (Å²) >= 11 is 0. The van der Waals surface area contributed by atoms with E-state index in [1.165, 1.54) is 4.31 Å². The monoisotopic (exact) mass is 286 g/mol. The number of nitrogens with two attached hydrogens (primary N) is 1. The van der Waals surface area contributed by atoms with E-state index in [4.69, 9.17) is 10.5 Å². The highest BCUT2D eigenvalue weighted by Crippen LogP contribution is 2.26. The lowest BCUT2D eigenvalue weighted by molar-refractivity contribution is 0.149. The molecule has 0 aliphatic rings. The molecule has 19 heavy (non-hydrogen) atoms. The number of nitrogens with zero attached hydrogens (tertiary/aromatic N) is 1. The Balaban J connectivity index is 3.28. The lowest BCUT2D eigenvalue weighted by atomic mass is 10.1. The van der Waals surface area contributed by atoms with Crippen molar-refractivity contribution in [3.05, 3.63) is 23.3 Å². The third kappa shape index (κ3) is 3.26. The maximum absolute atomic E-state index is 12.6. The van der Waals surface area contributed by atoms with Crippen LogP contribution < -0.4 is 5.73 Å². The van der Waals surface area contributed by atoms with E-state index in [1.807, 2.05) is 6.92 Å². The number of ether oxygens (including phenoxy) is 1. The summed E-state index contributed by atoms with van der Waals surface area (Å²) in [5.41, 5.74) is 7.75. The molecule has 0 saturated carbocycles. The summed E-state index contributed by atoms with van der Waals surface area (Å²) in [6.07, 6.45) is 0. The Kier molecular flexibility index (Phi) is 4.95. The van der Waals surface area contributed by atoms with Gasteiger partial charge in [0, 0.05) is 25.9 Å². The van der Waals surface area contributed by atoms with Crippen LogP contribution in [-0.4, -0.2) is 39.5 Å². The molecule has 1 rings (SSSR count). The molecule has 1 unspecified atom stereocenters. The topological polar surface area (TPSA) is 72.6 Å². The second kappa shape index (κ2) is 5.90. The molecule has 0 saturated heterocycles. The Labute approximate surface area is 115 Å². The van der Waals surface area contributed by atoms with Crippen LogP contribution in [0.5, 0.6) is 0 Å². The Hall–Kier alpha value is -1.11. The summed E-state index contributed by atoms with van der Waals surface area (Å²) in [6, 6.07) is 3.18. The minimum absolute atomic E-state index is 0.240. The average Bonchev–Trinajstić information content (AvgIpc) is 2.32. The normalized spacial score (nSPS) is 13.8. The van der Waals surface area contributed by atoms with E-state index in [2.05, 4.69) is 0 Å². The number of rotatable bonds is 5. The van der Waals surface area contributed by atoms with E-state index in [0.717, 1.165) is 5.56 Å². The number of anilines is 1. The molecule has 0 amide bonds. The van der Waals surface area contributed by atoms with Crippen molar-refractivity contribution in [3.63, 3.8) is 0 Å². The molecule has 0 bridgehead atoms. The molecule has 0 heterocycles. The molecule has 6 heteroatoms. The van der Waals surface area contributed by atoms with Gasteiger partial charge < -0.3 is 10.5 Å². The van der Waals surface area contributed by atoms with Gasteiger partial charge in [-0.3, -0.25) is 0 Å². The van der Waals surface area contributed by atoms with Crippen LogP contribution in [0.15, 0.2) is 17.0 Å². The molecule has 0 fully saturated rings. The lowest BCUT2D eigenvalue weighted by Gasteiger charge is -2.25. The molecule has 5 nitrogen and oxygen atoms in total. The Bertz CT molecular complexity index is 555. The second-order valence-electron chi connectivity index (χ2n) is 4.80. The van der Waals surface area contributed by atoms with Gasteiger partial charge in [0.1, 0.15) is 0 Å². The molecule has 2 N–H and O–H groups in total. The fourth-order valence-corrected chi connectivity index (χ4v) is 3.54. The van der Waals surface area contributed by atoms with Crippen molar-refractivity contribution in [1.29, 1.82) is 0 Å². The fourth-order valence-electron chi connectivity index (χ4n) is 1.86. The minimum atomic E-state index is -3.56. The molecule has 1 aromatic rings. The molecule has 0 aliphatic heterocycles. The summed E-state index contributed by atoms with van der Waals surface area (Å²) < 4.78 is 31.5. The molecule has 0 aliphatic carbocycles. The maximum Gasteiger partial charge on any atom is 0.243 e. The van der Waals surface area contributed by atoms with Crippen LogP contribution in [0, 0.1) is 13.8 Å². The van der Waals surface area contributed by atoms with Crippen LogP contribution in [0.1, 0.15) is 18.1 Å².